The summed E-state index contributed by atoms with van der Waals surface area (Å²) in [4.78, 5) is 10.6. The van der Waals surface area contributed by atoms with Crippen LogP contribution in [-0.4, -0.2) is 9.97 Å². The van der Waals surface area contributed by atoms with Crippen LogP contribution in [0.2, 0.25) is 0 Å². The fourth-order valence-corrected chi connectivity index (χ4v) is 10.2. The summed E-state index contributed by atoms with van der Waals surface area (Å²) in [6.45, 7) is 0. The predicted molar refractivity (Wildman–Crippen MR) is 254 cm³/mol. The summed E-state index contributed by atoms with van der Waals surface area (Å²) in [7, 11) is 0. The van der Waals surface area contributed by atoms with Crippen LogP contribution >= 0.6 is 0 Å². The fraction of sp³-hybridized carbons (Fsp3) is 0.0169. The maximum Gasteiger partial charge on any atom is 0.160 e. The van der Waals surface area contributed by atoms with E-state index in [0.717, 1.165) is 33.5 Å². The van der Waals surface area contributed by atoms with Gasteiger partial charge in [0.1, 0.15) is 0 Å². The topological polar surface area (TPSA) is 25.8 Å². The monoisotopic (exact) mass is 774 g/mol. The molecule has 0 atom stereocenters. The molecule has 1 aromatic heterocycles. The summed E-state index contributed by atoms with van der Waals surface area (Å²) in [5, 5.41) is 7.18. The highest BCUT2D eigenvalue weighted by Gasteiger charge is 2.47. The molecule has 0 spiro atoms. The highest BCUT2D eigenvalue weighted by molar-refractivity contribution is 6.12. The molecule has 11 aromatic rings. The lowest BCUT2D eigenvalue weighted by atomic mass is 9.67. The molecule has 0 amide bonds. The van der Waals surface area contributed by atoms with Gasteiger partial charge < -0.3 is 0 Å². The van der Waals surface area contributed by atoms with E-state index < -0.39 is 5.41 Å². The molecule has 2 nitrogen and oxygen atoms in total. The Bertz CT molecular complexity index is 3420. The molecular formula is C59H38N2. The molecule has 0 saturated heterocycles. The molecule has 12 rings (SSSR count). The first-order chi connectivity index (χ1) is 30.3. The van der Waals surface area contributed by atoms with Gasteiger partial charge in [-0.3, -0.25) is 0 Å². The van der Waals surface area contributed by atoms with E-state index >= 15 is 0 Å². The second kappa shape index (κ2) is 14.1. The van der Waals surface area contributed by atoms with Crippen molar-refractivity contribution >= 4 is 32.3 Å². The number of aromatic nitrogens is 2. The van der Waals surface area contributed by atoms with Gasteiger partial charge in [0.2, 0.25) is 0 Å². The van der Waals surface area contributed by atoms with Crippen LogP contribution in [0.3, 0.4) is 0 Å². The number of rotatable bonds is 6. The third-order valence-electron chi connectivity index (χ3n) is 12.8. The van der Waals surface area contributed by atoms with E-state index in [2.05, 4.69) is 224 Å². The SMILES string of the molecule is c1ccc(-c2nc(-c3cccc4ccccc34)cc(-c3ccc(-c4cccc5c4-c4c(ccc6ccccc46)C5(c4ccccc4)c4ccccc4)c4ccccc34)n2)cc1. The van der Waals surface area contributed by atoms with Gasteiger partial charge in [-0.05, 0) is 82.9 Å². The molecule has 0 unspecified atom stereocenters. The number of hydrogen-bond acceptors (Lipinski definition) is 2. The molecule has 1 aliphatic rings. The van der Waals surface area contributed by atoms with Crippen molar-refractivity contribution in [1.29, 1.82) is 0 Å². The predicted octanol–water partition coefficient (Wildman–Crippen LogP) is 15.0. The zero-order valence-corrected chi connectivity index (χ0v) is 33.3. The first kappa shape index (κ1) is 35.0. The lowest BCUT2D eigenvalue weighted by molar-refractivity contribution is 0.769. The lowest BCUT2D eigenvalue weighted by Crippen LogP contribution is -2.28. The summed E-state index contributed by atoms with van der Waals surface area (Å²) in [6.07, 6.45) is 0. The molecule has 0 bridgehead atoms. The fourth-order valence-electron chi connectivity index (χ4n) is 10.2. The molecule has 0 aliphatic heterocycles. The molecule has 0 fully saturated rings. The molecule has 1 aliphatic carbocycles. The number of nitrogens with zero attached hydrogens (tertiary/aromatic N) is 2. The third-order valence-corrected chi connectivity index (χ3v) is 12.8. The Labute approximate surface area is 355 Å². The summed E-state index contributed by atoms with van der Waals surface area (Å²) in [6, 6.07) is 83.6. The van der Waals surface area contributed by atoms with Gasteiger partial charge in [-0.1, -0.05) is 224 Å². The standard InChI is InChI=1S/C59H38N2/c1-4-20-41(21-5-1)58-60-54(49-31-16-22-39-18-10-12-27-44(39)49)38-55(61-58)50-36-35-48(46-29-14-15-30-47(46)50)51-32-17-33-52-57(51)56-45-28-13-11-19-40(45)34-37-53(56)59(52,42-23-6-2-7-24-42)43-25-8-3-9-26-43/h1-38H. The maximum absolute atomic E-state index is 5.33. The molecule has 284 valence electrons. The number of fused-ring (bicyclic) bond motifs is 7. The minimum absolute atomic E-state index is 0.518. The Morgan fingerprint density at radius 2 is 0.770 bits per heavy atom. The van der Waals surface area contributed by atoms with Crippen LogP contribution < -0.4 is 0 Å². The van der Waals surface area contributed by atoms with Gasteiger partial charge in [0.05, 0.1) is 16.8 Å². The number of hydrogen-bond donors (Lipinski definition) is 0. The molecule has 10 aromatic carbocycles. The van der Waals surface area contributed by atoms with Crippen molar-refractivity contribution in [2.24, 2.45) is 0 Å². The minimum Gasteiger partial charge on any atom is -0.228 e. The molecule has 1 heterocycles. The van der Waals surface area contributed by atoms with Crippen molar-refractivity contribution < 1.29 is 0 Å². The molecule has 0 radical (unpaired) electrons. The van der Waals surface area contributed by atoms with Crippen LogP contribution in [0.25, 0.3) is 88.5 Å². The van der Waals surface area contributed by atoms with E-state index in [4.69, 9.17) is 9.97 Å². The minimum atomic E-state index is -0.518. The van der Waals surface area contributed by atoms with Crippen molar-refractivity contribution in [3.8, 4) is 56.2 Å². The highest BCUT2D eigenvalue weighted by atomic mass is 14.9. The molecule has 2 heteroatoms. The molecule has 0 saturated carbocycles. The van der Waals surface area contributed by atoms with Crippen molar-refractivity contribution in [3.63, 3.8) is 0 Å². The van der Waals surface area contributed by atoms with Gasteiger partial charge in [0.25, 0.3) is 0 Å². The van der Waals surface area contributed by atoms with Gasteiger partial charge in [-0.2, -0.15) is 0 Å². The Morgan fingerprint density at radius 1 is 0.295 bits per heavy atom. The Balaban J connectivity index is 1.13. The first-order valence-electron chi connectivity index (χ1n) is 21.0. The first-order valence-corrected chi connectivity index (χ1v) is 21.0. The molecule has 0 N–H and O–H groups in total. The van der Waals surface area contributed by atoms with Crippen LogP contribution in [0.4, 0.5) is 0 Å². The highest BCUT2D eigenvalue weighted by Crippen LogP contribution is 2.60. The third kappa shape index (κ3) is 5.43. The van der Waals surface area contributed by atoms with Gasteiger partial charge in [-0.15, -0.1) is 0 Å². The van der Waals surface area contributed by atoms with E-state index in [1.165, 1.54) is 71.4 Å². The van der Waals surface area contributed by atoms with Crippen molar-refractivity contribution in [2.45, 2.75) is 5.41 Å². The van der Waals surface area contributed by atoms with Crippen LogP contribution in [-0.2, 0) is 5.41 Å². The summed E-state index contributed by atoms with van der Waals surface area (Å²) < 4.78 is 0. The second-order valence-electron chi connectivity index (χ2n) is 16.0. The van der Waals surface area contributed by atoms with Crippen molar-refractivity contribution in [2.75, 3.05) is 0 Å². The van der Waals surface area contributed by atoms with Crippen LogP contribution in [0.15, 0.2) is 231 Å². The van der Waals surface area contributed by atoms with E-state index in [9.17, 15) is 0 Å². The lowest BCUT2D eigenvalue weighted by Gasteiger charge is -2.34. The molecule has 61 heavy (non-hydrogen) atoms. The summed E-state index contributed by atoms with van der Waals surface area (Å²) in [5.74, 6) is 0.705. The van der Waals surface area contributed by atoms with Gasteiger partial charge >= 0.3 is 0 Å². The van der Waals surface area contributed by atoms with Crippen LogP contribution in [0.1, 0.15) is 22.3 Å². The smallest absolute Gasteiger partial charge is 0.160 e. The Morgan fingerprint density at radius 3 is 1.46 bits per heavy atom. The summed E-state index contributed by atoms with van der Waals surface area (Å²) in [5.41, 5.74) is 14.5. The van der Waals surface area contributed by atoms with E-state index in [0.29, 0.717) is 5.82 Å². The van der Waals surface area contributed by atoms with Crippen molar-refractivity contribution in [3.05, 3.63) is 253 Å². The number of benzene rings is 10. The molecular weight excluding hydrogens is 737 g/mol. The van der Waals surface area contributed by atoms with Gasteiger partial charge in [-0.25, -0.2) is 9.97 Å². The average molecular weight is 775 g/mol. The van der Waals surface area contributed by atoms with Crippen LogP contribution in [0, 0.1) is 0 Å². The Kier molecular flexibility index (Phi) is 8.11. The van der Waals surface area contributed by atoms with Crippen LogP contribution in [0.5, 0.6) is 0 Å². The van der Waals surface area contributed by atoms with E-state index in [1.54, 1.807) is 0 Å². The zero-order valence-electron chi connectivity index (χ0n) is 33.3. The van der Waals surface area contributed by atoms with E-state index in [1.807, 2.05) is 6.07 Å². The normalized spacial score (nSPS) is 12.7. The second-order valence-corrected chi connectivity index (χ2v) is 16.0. The van der Waals surface area contributed by atoms with Gasteiger partial charge in [0.15, 0.2) is 5.82 Å². The average Bonchev–Trinajstić information content (AvgIpc) is 3.66. The maximum atomic E-state index is 5.33. The van der Waals surface area contributed by atoms with E-state index in [-0.39, 0.29) is 0 Å². The quantitative estimate of drug-likeness (QED) is 0.168. The summed E-state index contributed by atoms with van der Waals surface area (Å²) >= 11 is 0. The van der Waals surface area contributed by atoms with Gasteiger partial charge in [0, 0.05) is 16.7 Å². The Hall–Kier alpha value is -7.94. The largest absolute Gasteiger partial charge is 0.228 e. The van der Waals surface area contributed by atoms with Crippen molar-refractivity contribution in [1.82, 2.24) is 9.97 Å². The zero-order chi connectivity index (χ0) is 40.3.